The van der Waals surface area contributed by atoms with Crippen molar-refractivity contribution in [1.82, 2.24) is 19.2 Å². The smallest absolute Gasteiger partial charge is 0.271 e. The molecule has 6 heteroatoms. The number of imidazole rings is 1. The van der Waals surface area contributed by atoms with Crippen LogP contribution in [0.5, 0.6) is 0 Å². The molecule has 0 aliphatic carbocycles. The molecule has 0 bridgehead atoms. The molecule has 2 aromatic heterocycles. The monoisotopic (exact) mass is 380 g/mol. The van der Waals surface area contributed by atoms with Crippen LogP contribution >= 0.6 is 11.3 Å². The van der Waals surface area contributed by atoms with E-state index in [0.717, 1.165) is 48.0 Å². The zero-order chi connectivity index (χ0) is 18.4. The number of hydrogen-bond acceptors (Lipinski definition) is 4. The fourth-order valence-corrected chi connectivity index (χ4v) is 5.17. The van der Waals surface area contributed by atoms with Gasteiger partial charge in [-0.3, -0.25) is 14.1 Å². The third-order valence-electron chi connectivity index (χ3n) is 5.96. The molecule has 2 saturated heterocycles. The second-order valence-electron chi connectivity index (χ2n) is 7.53. The second kappa shape index (κ2) is 6.77. The number of aromatic nitrogens is 2. The average Bonchev–Trinajstić information content (AvgIpc) is 3.42. The first-order valence-electron chi connectivity index (χ1n) is 9.82. The number of carbonyl (C=O) groups excluding carboxylic acids is 1. The summed E-state index contributed by atoms with van der Waals surface area (Å²) < 4.78 is 1.97. The third kappa shape index (κ3) is 2.97. The average molecular weight is 381 g/mol. The summed E-state index contributed by atoms with van der Waals surface area (Å²) in [5.74, 6) is 0.137. The Morgan fingerprint density at radius 1 is 1.22 bits per heavy atom. The molecular weight excluding hydrogens is 356 g/mol. The van der Waals surface area contributed by atoms with E-state index in [4.69, 9.17) is 4.98 Å². The van der Waals surface area contributed by atoms with E-state index >= 15 is 0 Å². The summed E-state index contributed by atoms with van der Waals surface area (Å²) in [5, 5.41) is 1.95. The summed E-state index contributed by atoms with van der Waals surface area (Å²) in [6, 6.07) is 9.08. The van der Waals surface area contributed by atoms with Crippen LogP contribution in [0.15, 0.2) is 35.8 Å². The van der Waals surface area contributed by atoms with E-state index in [0.29, 0.717) is 6.04 Å². The van der Waals surface area contributed by atoms with Crippen LogP contribution in [0.25, 0.3) is 16.2 Å². The van der Waals surface area contributed by atoms with Crippen molar-refractivity contribution in [3.05, 3.63) is 47.1 Å². The van der Waals surface area contributed by atoms with E-state index in [1.54, 1.807) is 11.3 Å². The molecule has 0 saturated carbocycles. The topological polar surface area (TPSA) is 40.9 Å². The highest BCUT2D eigenvalue weighted by molar-refractivity contribution is 7.15. The largest absolute Gasteiger partial charge is 0.334 e. The van der Waals surface area contributed by atoms with Gasteiger partial charge in [-0.2, -0.15) is 0 Å². The Labute approximate surface area is 163 Å². The van der Waals surface area contributed by atoms with Crippen LogP contribution in [0.1, 0.15) is 35.8 Å². The molecule has 140 valence electrons. The maximum atomic E-state index is 13.2. The molecule has 0 N–H and O–H groups in total. The molecule has 0 unspecified atom stereocenters. The first-order valence-corrected chi connectivity index (χ1v) is 10.7. The lowest BCUT2D eigenvalue weighted by Crippen LogP contribution is -2.52. The lowest BCUT2D eigenvalue weighted by atomic mass is 10.1. The number of amides is 1. The Bertz CT molecular complexity index is 974. The predicted octanol–water partition coefficient (Wildman–Crippen LogP) is 3.55. The number of hydrogen-bond donors (Lipinski definition) is 0. The van der Waals surface area contributed by atoms with E-state index in [1.165, 1.54) is 24.9 Å². The van der Waals surface area contributed by atoms with E-state index in [1.807, 2.05) is 20.9 Å². The molecule has 2 fully saturated rings. The minimum absolute atomic E-state index is 0.137. The lowest BCUT2D eigenvalue weighted by molar-refractivity contribution is 0.0565. The minimum Gasteiger partial charge on any atom is -0.334 e. The highest BCUT2D eigenvalue weighted by Crippen LogP contribution is 2.27. The molecule has 1 atom stereocenters. The van der Waals surface area contributed by atoms with Crippen molar-refractivity contribution in [2.45, 2.75) is 32.2 Å². The van der Waals surface area contributed by atoms with Crippen molar-refractivity contribution in [3.63, 3.8) is 0 Å². The molecular formula is C21H24N4OS. The molecule has 2 aliphatic heterocycles. The summed E-state index contributed by atoms with van der Waals surface area (Å²) >= 11 is 1.54. The van der Waals surface area contributed by atoms with Crippen molar-refractivity contribution in [2.24, 2.45) is 0 Å². The first kappa shape index (κ1) is 17.0. The van der Waals surface area contributed by atoms with Crippen molar-refractivity contribution >= 4 is 22.2 Å². The Hall–Kier alpha value is -2.18. The molecule has 1 amide bonds. The molecule has 5 nitrogen and oxygen atoms in total. The molecule has 0 radical (unpaired) electrons. The van der Waals surface area contributed by atoms with Gasteiger partial charge < -0.3 is 4.90 Å². The second-order valence-corrected chi connectivity index (χ2v) is 8.37. The summed E-state index contributed by atoms with van der Waals surface area (Å²) in [7, 11) is 0. The number of fused-ring (bicyclic) bond motifs is 2. The number of benzene rings is 1. The summed E-state index contributed by atoms with van der Waals surface area (Å²) in [6.07, 6.45) is 5.51. The van der Waals surface area contributed by atoms with Gasteiger partial charge in [0.2, 0.25) is 0 Å². The number of aryl methyl sites for hydroxylation is 1. The standard InChI is InChI=1S/C21H24N4OS/c1-2-15-5-7-16(8-6-15)18-13-25-19(14-27-21(25)22-18)20(26)24-11-10-23-9-3-4-17(23)12-24/h5-8,13-14,17H,2-4,9-12H2,1H3/t17-/m1/s1. The fraction of sp³-hybridized carbons (Fsp3) is 0.429. The molecule has 27 heavy (non-hydrogen) atoms. The van der Waals surface area contributed by atoms with Gasteiger partial charge in [0, 0.05) is 42.8 Å². The molecule has 1 aromatic carbocycles. The Morgan fingerprint density at radius 2 is 2.07 bits per heavy atom. The van der Waals surface area contributed by atoms with Crippen molar-refractivity contribution in [2.75, 3.05) is 26.2 Å². The first-order chi connectivity index (χ1) is 13.2. The Balaban J connectivity index is 1.42. The fourth-order valence-electron chi connectivity index (χ4n) is 4.33. The zero-order valence-electron chi connectivity index (χ0n) is 15.6. The summed E-state index contributed by atoms with van der Waals surface area (Å²) in [4.78, 5) is 23.3. The Kier molecular flexibility index (Phi) is 4.25. The number of piperazine rings is 1. The van der Waals surface area contributed by atoms with E-state index in [-0.39, 0.29) is 5.91 Å². The van der Waals surface area contributed by atoms with Crippen LogP contribution in [-0.2, 0) is 6.42 Å². The van der Waals surface area contributed by atoms with Gasteiger partial charge in [0.25, 0.3) is 5.91 Å². The van der Waals surface area contributed by atoms with E-state index < -0.39 is 0 Å². The van der Waals surface area contributed by atoms with Gasteiger partial charge in [-0.05, 0) is 31.4 Å². The van der Waals surface area contributed by atoms with Gasteiger partial charge in [-0.1, -0.05) is 31.2 Å². The van der Waals surface area contributed by atoms with Gasteiger partial charge in [-0.15, -0.1) is 11.3 Å². The van der Waals surface area contributed by atoms with Crippen LogP contribution in [0, 0.1) is 0 Å². The highest BCUT2D eigenvalue weighted by Gasteiger charge is 2.33. The SMILES string of the molecule is CCc1ccc(-c2cn3c(C(=O)N4CCN5CCC[C@@H]5C4)csc3n2)cc1. The maximum absolute atomic E-state index is 13.2. The van der Waals surface area contributed by atoms with Gasteiger partial charge in [0.15, 0.2) is 4.96 Å². The van der Waals surface area contributed by atoms with Gasteiger partial charge >= 0.3 is 0 Å². The quantitative estimate of drug-likeness (QED) is 0.698. The van der Waals surface area contributed by atoms with Gasteiger partial charge in [0.05, 0.1) is 5.69 Å². The minimum atomic E-state index is 0.137. The maximum Gasteiger partial charge on any atom is 0.271 e. The highest BCUT2D eigenvalue weighted by atomic mass is 32.1. The normalized spacial score (nSPS) is 20.3. The van der Waals surface area contributed by atoms with Crippen molar-refractivity contribution in [1.29, 1.82) is 0 Å². The molecule has 2 aliphatic rings. The summed E-state index contributed by atoms with van der Waals surface area (Å²) in [5.41, 5.74) is 4.09. The molecule has 3 aromatic rings. The van der Waals surface area contributed by atoms with Crippen molar-refractivity contribution < 1.29 is 4.79 Å². The number of rotatable bonds is 3. The molecule has 4 heterocycles. The van der Waals surface area contributed by atoms with Crippen LogP contribution in [0.4, 0.5) is 0 Å². The number of nitrogens with zero attached hydrogens (tertiary/aromatic N) is 4. The van der Waals surface area contributed by atoms with Crippen molar-refractivity contribution in [3.8, 4) is 11.3 Å². The zero-order valence-corrected chi connectivity index (χ0v) is 16.4. The van der Waals surface area contributed by atoms with Crippen LogP contribution in [0.3, 0.4) is 0 Å². The van der Waals surface area contributed by atoms with Gasteiger partial charge in [-0.25, -0.2) is 4.98 Å². The molecule has 5 rings (SSSR count). The van der Waals surface area contributed by atoms with E-state index in [2.05, 4.69) is 36.1 Å². The van der Waals surface area contributed by atoms with Gasteiger partial charge in [0.1, 0.15) is 5.69 Å². The lowest BCUT2D eigenvalue weighted by Gasteiger charge is -2.37. The Morgan fingerprint density at radius 3 is 2.89 bits per heavy atom. The van der Waals surface area contributed by atoms with Crippen LogP contribution < -0.4 is 0 Å². The third-order valence-corrected chi connectivity index (χ3v) is 6.80. The number of carbonyl (C=O) groups is 1. The molecule has 0 spiro atoms. The van der Waals surface area contributed by atoms with Crippen LogP contribution in [-0.4, -0.2) is 57.3 Å². The van der Waals surface area contributed by atoms with E-state index in [9.17, 15) is 4.79 Å². The van der Waals surface area contributed by atoms with Crippen LogP contribution in [0.2, 0.25) is 0 Å². The predicted molar refractivity (Wildman–Crippen MR) is 108 cm³/mol. The number of thiazole rings is 1. The summed E-state index contributed by atoms with van der Waals surface area (Å²) in [6.45, 7) is 6.04.